The SMILES string of the molecule is Cc1ocnc1CN1CCC(c2nnc3ccc(C(C)(C)C)nn23)CC1. The Kier molecular flexibility index (Phi) is 4.26. The molecule has 1 fully saturated rings. The molecule has 0 atom stereocenters. The highest BCUT2D eigenvalue weighted by molar-refractivity contribution is 5.37. The van der Waals surface area contributed by atoms with E-state index < -0.39 is 0 Å². The minimum Gasteiger partial charge on any atom is -0.448 e. The molecule has 4 heterocycles. The van der Waals surface area contributed by atoms with Crippen molar-refractivity contribution >= 4 is 5.65 Å². The highest BCUT2D eigenvalue weighted by Crippen LogP contribution is 2.28. The second kappa shape index (κ2) is 6.46. The predicted molar refractivity (Wildman–Crippen MR) is 98.0 cm³/mol. The maximum Gasteiger partial charge on any atom is 0.181 e. The van der Waals surface area contributed by atoms with Gasteiger partial charge in [-0.15, -0.1) is 10.2 Å². The summed E-state index contributed by atoms with van der Waals surface area (Å²) in [5, 5.41) is 13.6. The van der Waals surface area contributed by atoms with Gasteiger partial charge < -0.3 is 4.42 Å². The van der Waals surface area contributed by atoms with E-state index in [4.69, 9.17) is 9.52 Å². The fraction of sp³-hybridized carbons (Fsp3) is 0.579. The quantitative estimate of drug-likeness (QED) is 0.720. The van der Waals surface area contributed by atoms with Crippen molar-refractivity contribution in [2.75, 3.05) is 13.1 Å². The Bertz CT molecular complexity index is 898. The molecule has 3 aromatic heterocycles. The number of aromatic nitrogens is 5. The second-order valence-corrected chi connectivity index (χ2v) is 8.20. The fourth-order valence-electron chi connectivity index (χ4n) is 3.50. The van der Waals surface area contributed by atoms with Gasteiger partial charge in [0.2, 0.25) is 0 Å². The van der Waals surface area contributed by atoms with Gasteiger partial charge in [-0.1, -0.05) is 20.8 Å². The van der Waals surface area contributed by atoms with Crippen molar-refractivity contribution in [1.29, 1.82) is 0 Å². The first-order valence-electron chi connectivity index (χ1n) is 9.26. The highest BCUT2D eigenvalue weighted by atomic mass is 16.3. The van der Waals surface area contributed by atoms with Gasteiger partial charge in [0.1, 0.15) is 5.76 Å². The van der Waals surface area contributed by atoms with Crippen LogP contribution in [0.1, 0.15) is 62.5 Å². The molecule has 26 heavy (non-hydrogen) atoms. The lowest BCUT2D eigenvalue weighted by molar-refractivity contribution is 0.198. The molecule has 0 spiro atoms. The monoisotopic (exact) mass is 354 g/mol. The van der Waals surface area contributed by atoms with Crippen LogP contribution in [0.25, 0.3) is 5.65 Å². The number of oxazole rings is 1. The summed E-state index contributed by atoms with van der Waals surface area (Å²) in [4.78, 5) is 6.74. The third-order valence-corrected chi connectivity index (χ3v) is 5.23. The standard InChI is InChI=1S/C19H26N6O/c1-13-15(20-12-26-13)11-24-9-7-14(8-10-24)18-22-21-17-6-5-16(19(2,3)4)23-25(17)18/h5-6,12,14H,7-11H2,1-4H3. The molecular formula is C19H26N6O. The van der Waals surface area contributed by atoms with E-state index in [-0.39, 0.29) is 5.41 Å². The first-order chi connectivity index (χ1) is 12.4. The highest BCUT2D eigenvalue weighted by Gasteiger charge is 2.26. The lowest BCUT2D eigenvalue weighted by Gasteiger charge is -2.30. The number of hydrogen-bond acceptors (Lipinski definition) is 6. The van der Waals surface area contributed by atoms with Crippen LogP contribution in [0.2, 0.25) is 0 Å². The molecule has 0 saturated carbocycles. The first kappa shape index (κ1) is 17.1. The number of fused-ring (bicyclic) bond motifs is 1. The molecule has 7 nitrogen and oxygen atoms in total. The summed E-state index contributed by atoms with van der Waals surface area (Å²) >= 11 is 0. The summed E-state index contributed by atoms with van der Waals surface area (Å²) in [6.07, 6.45) is 3.64. The maximum absolute atomic E-state index is 5.31. The van der Waals surface area contributed by atoms with Crippen molar-refractivity contribution in [3.63, 3.8) is 0 Å². The van der Waals surface area contributed by atoms with Gasteiger partial charge in [0.25, 0.3) is 0 Å². The van der Waals surface area contributed by atoms with Gasteiger partial charge in [-0.25, -0.2) is 4.98 Å². The van der Waals surface area contributed by atoms with Crippen molar-refractivity contribution in [2.45, 2.75) is 58.4 Å². The Labute approximate surface area is 153 Å². The third kappa shape index (κ3) is 3.23. The van der Waals surface area contributed by atoms with Crippen LogP contribution in [0.15, 0.2) is 22.9 Å². The molecule has 0 aromatic carbocycles. The maximum atomic E-state index is 5.31. The van der Waals surface area contributed by atoms with Crippen LogP contribution in [0.5, 0.6) is 0 Å². The smallest absolute Gasteiger partial charge is 0.181 e. The van der Waals surface area contributed by atoms with Gasteiger partial charge >= 0.3 is 0 Å². The lowest BCUT2D eigenvalue weighted by atomic mass is 9.92. The molecule has 0 aliphatic carbocycles. The van der Waals surface area contributed by atoms with E-state index in [0.29, 0.717) is 5.92 Å². The van der Waals surface area contributed by atoms with Crippen LogP contribution in [0.4, 0.5) is 0 Å². The average Bonchev–Trinajstić information content (AvgIpc) is 3.21. The molecule has 1 aliphatic heterocycles. The molecule has 1 aliphatic rings. The molecule has 0 bridgehead atoms. The number of aryl methyl sites for hydroxylation is 1. The van der Waals surface area contributed by atoms with Crippen LogP contribution in [0.3, 0.4) is 0 Å². The normalized spacial score (nSPS) is 17.2. The number of likely N-dealkylation sites (tertiary alicyclic amines) is 1. The number of nitrogens with zero attached hydrogens (tertiary/aromatic N) is 6. The molecule has 0 unspecified atom stereocenters. The summed E-state index contributed by atoms with van der Waals surface area (Å²) < 4.78 is 7.25. The Balaban J connectivity index is 1.50. The minimum atomic E-state index is 0.00848. The summed E-state index contributed by atoms with van der Waals surface area (Å²) in [6.45, 7) is 11.4. The Morgan fingerprint density at radius 2 is 1.92 bits per heavy atom. The zero-order valence-corrected chi connectivity index (χ0v) is 15.9. The van der Waals surface area contributed by atoms with Gasteiger partial charge in [0.05, 0.1) is 11.4 Å². The zero-order chi connectivity index (χ0) is 18.3. The molecule has 4 rings (SSSR count). The van der Waals surface area contributed by atoms with E-state index in [0.717, 1.165) is 61.1 Å². The summed E-state index contributed by atoms with van der Waals surface area (Å²) in [5.41, 5.74) is 2.93. The summed E-state index contributed by atoms with van der Waals surface area (Å²) in [6, 6.07) is 4.07. The molecule has 0 amide bonds. The Hall–Kier alpha value is -2.28. The van der Waals surface area contributed by atoms with E-state index in [9.17, 15) is 0 Å². The van der Waals surface area contributed by atoms with Crippen LogP contribution in [-0.2, 0) is 12.0 Å². The van der Waals surface area contributed by atoms with Gasteiger partial charge in [-0.05, 0) is 45.0 Å². The van der Waals surface area contributed by atoms with E-state index in [1.165, 1.54) is 6.39 Å². The van der Waals surface area contributed by atoms with Gasteiger partial charge in [0, 0.05) is 17.9 Å². The number of piperidine rings is 1. The number of hydrogen-bond donors (Lipinski definition) is 0. The van der Waals surface area contributed by atoms with Crippen LogP contribution in [-0.4, -0.2) is 42.8 Å². The van der Waals surface area contributed by atoms with Crippen molar-refractivity contribution in [3.8, 4) is 0 Å². The average molecular weight is 354 g/mol. The first-order valence-corrected chi connectivity index (χ1v) is 9.26. The Morgan fingerprint density at radius 1 is 1.15 bits per heavy atom. The predicted octanol–water partition coefficient (Wildman–Crippen LogP) is 3.10. The minimum absolute atomic E-state index is 0.00848. The van der Waals surface area contributed by atoms with Crippen LogP contribution >= 0.6 is 0 Å². The van der Waals surface area contributed by atoms with Crippen molar-refractivity contribution in [3.05, 3.63) is 41.5 Å². The summed E-state index contributed by atoms with van der Waals surface area (Å²) in [7, 11) is 0. The molecule has 7 heteroatoms. The molecule has 0 radical (unpaired) electrons. The second-order valence-electron chi connectivity index (χ2n) is 8.20. The largest absolute Gasteiger partial charge is 0.448 e. The zero-order valence-electron chi connectivity index (χ0n) is 15.9. The van der Waals surface area contributed by atoms with E-state index >= 15 is 0 Å². The van der Waals surface area contributed by atoms with E-state index in [1.54, 1.807) is 0 Å². The van der Waals surface area contributed by atoms with Gasteiger partial charge in [0.15, 0.2) is 17.9 Å². The molecule has 3 aromatic rings. The lowest BCUT2D eigenvalue weighted by Crippen LogP contribution is -2.33. The molecule has 138 valence electrons. The van der Waals surface area contributed by atoms with Gasteiger partial charge in [-0.2, -0.15) is 9.61 Å². The van der Waals surface area contributed by atoms with Gasteiger partial charge in [-0.3, -0.25) is 4.90 Å². The molecule has 0 N–H and O–H groups in total. The van der Waals surface area contributed by atoms with Crippen molar-refractivity contribution < 1.29 is 4.42 Å². The fourth-order valence-corrected chi connectivity index (χ4v) is 3.50. The van der Waals surface area contributed by atoms with Crippen LogP contribution in [0, 0.1) is 6.92 Å². The topological polar surface area (TPSA) is 72.3 Å². The summed E-state index contributed by atoms with van der Waals surface area (Å²) in [5.74, 6) is 2.29. The molecular weight excluding hydrogens is 328 g/mol. The van der Waals surface area contributed by atoms with Crippen LogP contribution < -0.4 is 0 Å². The Morgan fingerprint density at radius 3 is 2.58 bits per heavy atom. The van der Waals surface area contributed by atoms with E-state index in [2.05, 4.69) is 46.9 Å². The van der Waals surface area contributed by atoms with Crippen molar-refractivity contribution in [1.82, 2.24) is 29.7 Å². The number of rotatable bonds is 3. The third-order valence-electron chi connectivity index (χ3n) is 5.23. The van der Waals surface area contributed by atoms with Crippen molar-refractivity contribution in [2.24, 2.45) is 0 Å². The molecule has 1 saturated heterocycles. The van der Waals surface area contributed by atoms with E-state index in [1.807, 2.05) is 17.5 Å².